The Morgan fingerprint density at radius 2 is 2.06 bits per heavy atom. The Labute approximate surface area is 102 Å². The Hall–Kier alpha value is -1.95. The van der Waals surface area contributed by atoms with E-state index in [9.17, 15) is 4.79 Å². The number of anilines is 2. The molecule has 17 heavy (non-hydrogen) atoms. The highest BCUT2D eigenvalue weighted by Crippen LogP contribution is 2.23. The maximum absolute atomic E-state index is 11.0. The minimum atomic E-state index is -1.05. The third-order valence-electron chi connectivity index (χ3n) is 2.10. The normalized spacial score (nSPS) is 10.2. The van der Waals surface area contributed by atoms with Gasteiger partial charge in [0.1, 0.15) is 0 Å². The zero-order chi connectivity index (χ0) is 12.4. The Morgan fingerprint density at radius 3 is 2.65 bits per heavy atom. The maximum atomic E-state index is 11.0. The number of carboxylic acids is 1. The second-order valence-electron chi connectivity index (χ2n) is 3.57. The minimum absolute atomic E-state index is 0.0119. The zero-order valence-corrected chi connectivity index (χ0v) is 10.2. The number of nitrogens with one attached hydrogen (secondary N) is 1. The second kappa shape index (κ2) is 4.50. The Balaban J connectivity index is 2.35. The van der Waals surface area contributed by atoms with Crippen LogP contribution in [0.3, 0.4) is 0 Å². The molecule has 6 heteroatoms. The summed E-state index contributed by atoms with van der Waals surface area (Å²) in [4.78, 5) is 19.3. The van der Waals surface area contributed by atoms with E-state index in [1.807, 2.05) is 12.3 Å². The maximum Gasteiger partial charge on any atom is 0.356 e. The first-order valence-electron chi connectivity index (χ1n) is 4.96. The fourth-order valence-electron chi connectivity index (χ4n) is 1.35. The summed E-state index contributed by atoms with van der Waals surface area (Å²) >= 11 is 1.43. The third-order valence-corrected chi connectivity index (χ3v) is 2.97. The van der Waals surface area contributed by atoms with Gasteiger partial charge in [-0.05, 0) is 26.0 Å². The number of nitrogens with zero attached hydrogens (tertiary/aromatic N) is 2. The van der Waals surface area contributed by atoms with Crippen LogP contribution in [0, 0.1) is 13.8 Å². The zero-order valence-electron chi connectivity index (χ0n) is 9.39. The van der Waals surface area contributed by atoms with Crippen molar-refractivity contribution >= 4 is 28.1 Å². The van der Waals surface area contributed by atoms with Gasteiger partial charge in [0.2, 0.25) is 0 Å². The standard InChI is InChI=1S/C11H11N3O2S/c1-6-3-4-8(9(12-6)10(15)16)14-11-13-7(2)5-17-11/h3-5H,1-2H3,(H,13,14)(H,15,16). The number of carbonyl (C=O) groups is 1. The van der Waals surface area contributed by atoms with Gasteiger partial charge in [0.25, 0.3) is 0 Å². The number of rotatable bonds is 3. The predicted octanol–water partition coefficient (Wildman–Crippen LogP) is 2.60. The van der Waals surface area contributed by atoms with Crippen molar-refractivity contribution in [1.82, 2.24) is 9.97 Å². The summed E-state index contributed by atoms with van der Waals surface area (Å²) in [6.45, 7) is 3.64. The molecule has 2 aromatic rings. The Morgan fingerprint density at radius 1 is 1.29 bits per heavy atom. The molecule has 2 heterocycles. The molecule has 0 unspecified atom stereocenters. The molecular weight excluding hydrogens is 238 g/mol. The van der Waals surface area contributed by atoms with Crippen molar-refractivity contribution in [2.45, 2.75) is 13.8 Å². The molecule has 0 aliphatic carbocycles. The molecule has 0 saturated carbocycles. The number of pyridine rings is 1. The lowest BCUT2D eigenvalue weighted by molar-refractivity contribution is 0.0691. The molecule has 0 aliphatic heterocycles. The Kier molecular flexibility index (Phi) is 3.06. The van der Waals surface area contributed by atoms with Crippen LogP contribution in [0.1, 0.15) is 21.9 Å². The molecule has 0 aromatic carbocycles. The molecule has 5 nitrogen and oxygen atoms in total. The van der Waals surface area contributed by atoms with Crippen molar-refractivity contribution in [3.05, 3.63) is 34.6 Å². The van der Waals surface area contributed by atoms with Crippen LogP contribution in [-0.4, -0.2) is 21.0 Å². The van der Waals surface area contributed by atoms with Gasteiger partial charge >= 0.3 is 5.97 Å². The van der Waals surface area contributed by atoms with E-state index in [2.05, 4.69) is 15.3 Å². The first-order chi connectivity index (χ1) is 8.06. The number of thiazole rings is 1. The lowest BCUT2D eigenvalue weighted by Gasteiger charge is -2.06. The van der Waals surface area contributed by atoms with Gasteiger partial charge in [-0.15, -0.1) is 11.3 Å². The average Bonchev–Trinajstić information content (AvgIpc) is 2.66. The van der Waals surface area contributed by atoms with Crippen LogP contribution in [-0.2, 0) is 0 Å². The summed E-state index contributed by atoms with van der Waals surface area (Å²) in [6, 6.07) is 3.46. The first-order valence-corrected chi connectivity index (χ1v) is 5.84. The summed E-state index contributed by atoms with van der Waals surface area (Å²) in [6.07, 6.45) is 0. The molecule has 88 valence electrons. The first kappa shape index (κ1) is 11.5. The lowest BCUT2D eigenvalue weighted by Crippen LogP contribution is -2.06. The van der Waals surface area contributed by atoms with E-state index in [-0.39, 0.29) is 5.69 Å². The fraction of sp³-hybridized carbons (Fsp3) is 0.182. The minimum Gasteiger partial charge on any atom is -0.476 e. The highest BCUT2D eigenvalue weighted by atomic mass is 32.1. The van der Waals surface area contributed by atoms with Crippen LogP contribution in [0.5, 0.6) is 0 Å². The molecule has 0 radical (unpaired) electrons. The molecule has 2 rings (SSSR count). The number of hydrogen-bond acceptors (Lipinski definition) is 5. The molecule has 0 bridgehead atoms. The largest absolute Gasteiger partial charge is 0.476 e. The van der Waals surface area contributed by atoms with Crippen molar-refractivity contribution in [3.63, 3.8) is 0 Å². The third kappa shape index (κ3) is 2.59. The van der Waals surface area contributed by atoms with Crippen LogP contribution < -0.4 is 5.32 Å². The smallest absolute Gasteiger partial charge is 0.356 e. The van der Waals surface area contributed by atoms with Gasteiger partial charge in [-0.2, -0.15) is 0 Å². The monoisotopic (exact) mass is 249 g/mol. The molecular formula is C11H11N3O2S. The van der Waals surface area contributed by atoms with Crippen molar-refractivity contribution in [2.75, 3.05) is 5.32 Å². The van der Waals surface area contributed by atoms with Gasteiger partial charge in [-0.1, -0.05) is 0 Å². The number of aromatic nitrogens is 2. The van der Waals surface area contributed by atoms with Gasteiger partial charge in [-0.25, -0.2) is 14.8 Å². The van der Waals surface area contributed by atoms with Crippen molar-refractivity contribution < 1.29 is 9.90 Å². The molecule has 0 atom stereocenters. The van der Waals surface area contributed by atoms with Crippen LogP contribution in [0.25, 0.3) is 0 Å². The highest BCUT2D eigenvalue weighted by Gasteiger charge is 2.13. The molecule has 0 amide bonds. The van der Waals surface area contributed by atoms with E-state index < -0.39 is 5.97 Å². The lowest BCUT2D eigenvalue weighted by atomic mass is 10.2. The van der Waals surface area contributed by atoms with Gasteiger partial charge in [0.05, 0.1) is 11.4 Å². The van der Waals surface area contributed by atoms with Gasteiger partial charge in [-0.3, -0.25) is 0 Å². The summed E-state index contributed by atoms with van der Waals surface area (Å²) in [7, 11) is 0. The molecule has 2 aromatic heterocycles. The molecule has 0 aliphatic rings. The van der Waals surface area contributed by atoms with E-state index in [1.54, 1.807) is 19.1 Å². The number of carboxylic acid groups (broad SMARTS) is 1. The number of aryl methyl sites for hydroxylation is 2. The van der Waals surface area contributed by atoms with E-state index in [0.717, 1.165) is 5.69 Å². The molecule has 0 fully saturated rings. The van der Waals surface area contributed by atoms with E-state index in [4.69, 9.17) is 5.11 Å². The van der Waals surface area contributed by atoms with Gasteiger partial charge in [0, 0.05) is 11.1 Å². The van der Waals surface area contributed by atoms with E-state index in [1.165, 1.54) is 11.3 Å². The summed E-state index contributed by atoms with van der Waals surface area (Å²) in [5.74, 6) is -1.05. The summed E-state index contributed by atoms with van der Waals surface area (Å²) in [5.41, 5.74) is 2.04. The van der Waals surface area contributed by atoms with Crippen LogP contribution in [0.4, 0.5) is 10.8 Å². The van der Waals surface area contributed by atoms with Crippen LogP contribution >= 0.6 is 11.3 Å². The molecule has 0 saturated heterocycles. The van der Waals surface area contributed by atoms with E-state index in [0.29, 0.717) is 16.5 Å². The topological polar surface area (TPSA) is 75.1 Å². The average molecular weight is 249 g/mol. The molecule has 0 spiro atoms. The van der Waals surface area contributed by atoms with Crippen molar-refractivity contribution in [1.29, 1.82) is 0 Å². The number of hydrogen-bond donors (Lipinski definition) is 2. The van der Waals surface area contributed by atoms with E-state index >= 15 is 0 Å². The van der Waals surface area contributed by atoms with Crippen LogP contribution in [0.2, 0.25) is 0 Å². The number of aromatic carboxylic acids is 1. The summed E-state index contributed by atoms with van der Waals surface area (Å²) < 4.78 is 0. The van der Waals surface area contributed by atoms with Crippen LogP contribution in [0.15, 0.2) is 17.5 Å². The second-order valence-corrected chi connectivity index (χ2v) is 4.43. The fourth-order valence-corrected chi connectivity index (χ4v) is 2.05. The molecule has 2 N–H and O–H groups in total. The van der Waals surface area contributed by atoms with Crippen molar-refractivity contribution in [2.24, 2.45) is 0 Å². The summed E-state index contributed by atoms with van der Waals surface area (Å²) in [5, 5.41) is 14.6. The van der Waals surface area contributed by atoms with Gasteiger partial charge in [0.15, 0.2) is 10.8 Å². The quantitative estimate of drug-likeness (QED) is 0.874. The van der Waals surface area contributed by atoms with Gasteiger partial charge < -0.3 is 10.4 Å². The highest BCUT2D eigenvalue weighted by molar-refractivity contribution is 7.13. The predicted molar refractivity (Wildman–Crippen MR) is 66.1 cm³/mol. The van der Waals surface area contributed by atoms with Crippen molar-refractivity contribution in [3.8, 4) is 0 Å². The SMILES string of the molecule is Cc1csc(Nc2ccc(C)nc2C(=O)O)n1. The Bertz CT molecular complexity index is 566.